The highest BCUT2D eigenvalue weighted by atomic mass is 32.1. The summed E-state index contributed by atoms with van der Waals surface area (Å²) in [5.74, 6) is 0.699. The van der Waals surface area contributed by atoms with Gasteiger partial charge in [0.05, 0.1) is 22.4 Å². The van der Waals surface area contributed by atoms with Crippen LogP contribution in [0.2, 0.25) is 18.1 Å². The van der Waals surface area contributed by atoms with E-state index in [9.17, 15) is 0 Å². The van der Waals surface area contributed by atoms with Gasteiger partial charge in [0, 0.05) is 18.0 Å². The van der Waals surface area contributed by atoms with E-state index >= 15 is 0 Å². The van der Waals surface area contributed by atoms with Crippen molar-refractivity contribution in [1.29, 1.82) is 0 Å². The zero-order valence-electron chi connectivity index (χ0n) is 19.0. The molecule has 1 aromatic carbocycles. The Labute approximate surface area is 189 Å². The van der Waals surface area contributed by atoms with E-state index in [0.717, 1.165) is 40.6 Å². The smallest absolute Gasteiger partial charge is 0.192 e. The molecule has 166 valence electrons. The van der Waals surface area contributed by atoms with Crippen LogP contribution in [0.25, 0.3) is 21.3 Å². The monoisotopic (exact) mass is 456 g/mol. The van der Waals surface area contributed by atoms with Crippen LogP contribution in [-0.4, -0.2) is 35.5 Å². The minimum atomic E-state index is -1.81. The van der Waals surface area contributed by atoms with Gasteiger partial charge in [-0.1, -0.05) is 38.2 Å². The lowest BCUT2D eigenvalue weighted by molar-refractivity contribution is -0.0244. The fourth-order valence-electron chi connectivity index (χ4n) is 3.65. The number of rotatable bonds is 6. The molecule has 8 heteroatoms. The first-order valence-corrected chi connectivity index (χ1v) is 14.6. The van der Waals surface area contributed by atoms with Gasteiger partial charge in [0.25, 0.3) is 0 Å². The highest BCUT2D eigenvalue weighted by Gasteiger charge is 2.42. The predicted octanol–water partition coefficient (Wildman–Crippen LogP) is 5.80. The standard InChI is InChI=1S/C23H32N4O2SSi/c1-23(2,3)31(4,5)29-19-8-6-7-18(19)28-14-21-25-12-16(13-26-21)15-9-10-17-20(11-15)30-22(24)27-17/h9-13,18-19H,6-8,14H2,1-5H3,(H2,24,27)/t18-,19?/m0/s1. The van der Waals surface area contributed by atoms with Crippen LogP contribution in [0.15, 0.2) is 30.6 Å². The molecule has 6 nitrogen and oxygen atoms in total. The van der Waals surface area contributed by atoms with E-state index in [-0.39, 0.29) is 17.2 Å². The van der Waals surface area contributed by atoms with Gasteiger partial charge in [0.15, 0.2) is 19.3 Å². The van der Waals surface area contributed by atoms with E-state index in [0.29, 0.717) is 17.6 Å². The van der Waals surface area contributed by atoms with Crippen molar-refractivity contribution in [2.24, 2.45) is 0 Å². The van der Waals surface area contributed by atoms with Crippen LogP contribution in [0.5, 0.6) is 0 Å². The summed E-state index contributed by atoms with van der Waals surface area (Å²) >= 11 is 1.49. The van der Waals surface area contributed by atoms with Crippen LogP contribution >= 0.6 is 11.3 Å². The van der Waals surface area contributed by atoms with E-state index in [4.69, 9.17) is 14.9 Å². The third kappa shape index (κ3) is 4.97. The molecule has 0 spiro atoms. The van der Waals surface area contributed by atoms with Gasteiger partial charge in [-0.2, -0.15) is 0 Å². The molecular formula is C23H32N4O2SSi. The first-order valence-electron chi connectivity index (χ1n) is 10.9. The highest BCUT2D eigenvalue weighted by molar-refractivity contribution is 7.22. The van der Waals surface area contributed by atoms with Crippen LogP contribution in [0.4, 0.5) is 5.13 Å². The molecule has 0 bridgehead atoms. The molecule has 0 aliphatic heterocycles. The molecule has 2 atom stereocenters. The van der Waals surface area contributed by atoms with Crippen molar-refractivity contribution in [2.45, 2.75) is 77.0 Å². The largest absolute Gasteiger partial charge is 0.411 e. The third-order valence-corrected chi connectivity index (χ3v) is 11.9. The molecule has 1 aliphatic rings. The lowest BCUT2D eigenvalue weighted by Gasteiger charge is -2.39. The summed E-state index contributed by atoms with van der Waals surface area (Å²) in [5.41, 5.74) is 8.76. The van der Waals surface area contributed by atoms with Gasteiger partial charge in [0.2, 0.25) is 0 Å². The molecule has 0 radical (unpaired) electrons. The molecule has 31 heavy (non-hydrogen) atoms. The SMILES string of the molecule is CC(C)(C)[Si](C)(C)OC1CCC[C@@H]1OCc1ncc(-c2ccc3nc(N)sc3c2)cn1. The second-order valence-electron chi connectivity index (χ2n) is 9.82. The van der Waals surface area contributed by atoms with Gasteiger partial charge in [-0.15, -0.1) is 0 Å². The number of ether oxygens (including phenoxy) is 1. The Morgan fingerprint density at radius 3 is 2.52 bits per heavy atom. The maximum atomic E-state index is 6.64. The van der Waals surface area contributed by atoms with Gasteiger partial charge in [-0.25, -0.2) is 15.0 Å². The van der Waals surface area contributed by atoms with E-state index in [1.54, 1.807) is 0 Å². The molecule has 0 amide bonds. The number of anilines is 1. The van der Waals surface area contributed by atoms with Crippen molar-refractivity contribution in [3.8, 4) is 11.1 Å². The van der Waals surface area contributed by atoms with Gasteiger partial charge in [-0.05, 0) is 55.1 Å². The minimum absolute atomic E-state index is 0.122. The Balaban J connectivity index is 1.38. The quantitative estimate of drug-likeness (QED) is 0.472. The van der Waals surface area contributed by atoms with Gasteiger partial charge >= 0.3 is 0 Å². The summed E-state index contributed by atoms with van der Waals surface area (Å²) in [6.07, 6.45) is 7.27. The molecule has 3 aromatic rings. The summed E-state index contributed by atoms with van der Waals surface area (Å²) in [7, 11) is -1.81. The Morgan fingerprint density at radius 2 is 1.81 bits per heavy atom. The van der Waals surface area contributed by atoms with Crippen molar-refractivity contribution in [2.75, 3.05) is 5.73 Å². The Bertz CT molecular complexity index is 1050. The molecule has 2 heterocycles. The van der Waals surface area contributed by atoms with Crippen LogP contribution in [-0.2, 0) is 15.8 Å². The summed E-state index contributed by atoms with van der Waals surface area (Å²) < 4.78 is 13.9. The van der Waals surface area contributed by atoms with Crippen molar-refractivity contribution >= 4 is 35.0 Å². The fourth-order valence-corrected chi connectivity index (χ4v) is 5.81. The van der Waals surface area contributed by atoms with Crippen LogP contribution in [0, 0.1) is 0 Å². The number of hydrogen-bond donors (Lipinski definition) is 1. The van der Waals surface area contributed by atoms with E-state index in [1.165, 1.54) is 11.3 Å². The molecule has 2 N–H and O–H groups in total. The number of nitrogen functional groups attached to an aromatic ring is 1. The molecule has 4 rings (SSSR count). The van der Waals surface area contributed by atoms with Crippen molar-refractivity contribution < 1.29 is 9.16 Å². The number of thiazole rings is 1. The first kappa shape index (κ1) is 22.3. The summed E-state index contributed by atoms with van der Waals surface area (Å²) in [4.78, 5) is 13.4. The third-order valence-electron chi connectivity index (χ3n) is 6.51. The van der Waals surface area contributed by atoms with Crippen LogP contribution in [0.3, 0.4) is 0 Å². The van der Waals surface area contributed by atoms with Gasteiger partial charge in [0.1, 0.15) is 6.61 Å². The number of fused-ring (bicyclic) bond motifs is 1. The average molecular weight is 457 g/mol. The van der Waals surface area contributed by atoms with Crippen molar-refractivity contribution in [3.05, 3.63) is 36.4 Å². The first-order chi connectivity index (χ1) is 14.6. The fraction of sp³-hybridized carbons (Fsp3) is 0.522. The molecule has 2 aromatic heterocycles. The molecule has 1 unspecified atom stereocenters. The zero-order valence-corrected chi connectivity index (χ0v) is 20.8. The number of nitrogens with two attached hydrogens (primary N) is 1. The maximum Gasteiger partial charge on any atom is 0.192 e. The predicted molar refractivity (Wildman–Crippen MR) is 130 cm³/mol. The minimum Gasteiger partial charge on any atom is -0.411 e. The molecule has 0 saturated heterocycles. The zero-order chi connectivity index (χ0) is 22.2. The van der Waals surface area contributed by atoms with Crippen LogP contribution in [0.1, 0.15) is 45.9 Å². The van der Waals surface area contributed by atoms with E-state index in [2.05, 4.69) is 54.9 Å². The topological polar surface area (TPSA) is 83.2 Å². The number of hydrogen-bond acceptors (Lipinski definition) is 7. The van der Waals surface area contributed by atoms with E-state index in [1.807, 2.05) is 24.5 Å². The van der Waals surface area contributed by atoms with Crippen molar-refractivity contribution in [3.63, 3.8) is 0 Å². The number of nitrogens with zero attached hydrogens (tertiary/aromatic N) is 3. The highest BCUT2D eigenvalue weighted by Crippen LogP contribution is 2.40. The Morgan fingerprint density at radius 1 is 1.10 bits per heavy atom. The Hall–Kier alpha value is -1.87. The number of benzene rings is 1. The number of aromatic nitrogens is 3. The molecule has 1 fully saturated rings. The normalized spacial score (nSPS) is 19.9. The second kappa shape index (κ2) is 8.58. The lowest BCUT2D eigenvalue weighted by atomic mass is 10.1. The van der Waals surface area contributed by atoms with Gasteiger partial charge in [-0.3, -0.25) is 0 Å². The molecule has 1 aliphatic carbocycles. The van der Waals surface area contributed by atoms with E-state index < -0.39 is 8.32 Å². The lowest BCUT2D eigenvalue weighted by Crippen LogP contribution is -2.46. The summed E-state index contributed by atoms with van der Waals surface area (Å²) in [6.45, 7) is 11.9. The summed E-state index contributed by atoms with van der Waals surface area (Å²) in [6, 6.07) is 6.09. The summed E-state index contributed by atoms with van der Waals surface area (Å²) in [5, 5.41) is 0.783. The van der Waals surface area contributed by atoms with Crippen LogP contribution < -0.4 is 5.73 Å². The average Bonchev–Trinajstić information content (AvgIpc) is 3.29. The maximum absolute atomic E-state index is 6.64. The molecular weight excluding hydrogens is 424 g/mol. The van der Waals surface area contributed by atoms with Gasteiger partial charge < -0.3 is 14.9 Å². The second-order valence-corrected chi connectivity index (χ2v) is 15.6. The molecule has 1 saturated carbocycles. The van der Waals surface area contributed by atoms with Crippen molar-refractivity contribution in [1.82, 2.24) is 15.0 Å². The Kier molecular flexibility index (Phi) is 6.18.